The topological polar surface area (TPSA) is 90.6 Å². The van der Waals surface area contributed by atoms with Crippen LogP contribution in [0.4, 0.5) is 0 Å². The highest BCUT2D eigenvalue weighted by Gasteiger charge is 2.17. The van der Waals surface area contributed by atoms with Crippen molar-refractivity contribution in [2.75, 3.05) is 12.9 Å². The van der Waals surface area contributed by atoms with Gasteiger partial charge in [0.05, 0.1) is 19.1 Å². The first kappa shape index (κ1) is 28.9. The van der Waals surface area contributed by atoms with E-state index in [0.717, 1.165) is 27.9 Å². The summed E-state index contributed by atoms with van der Waals surface area (Å²) in [5, 5.41) is 14.1. The maximum atomic E-state index is 12.6. The van der Waals surface area contributed by atoms with Gasteiger partial charge in [0, 0.05) is 16.3 Å². The van der Waals surface area contributed by atoms with E-state index < -0.39 is 0 Å². The molecule has 42 heavy (non-hydrogen) atoms. The van der Waals surface area contributed by atoms with Crippen molar-refractivity contribution < 1.29 is 14.3 Å². The highest BCUT2D eigenvalue weighted by atomic mass is 35.5. The van der Waals surface area contributed by atoms with Crippen molar-refractivity contribution in [1.82, 2.24) is 20.2 Å². The third-order valence-corrected chi connectivity index (χ3v) is 7.37. The molecule has 8 nitrogen and oxygen atoms in total. The van der Waals surface area contributed by atoms with E-state index in [-0.39, 0.29) is 11.7 Å². The minimum absolute atomic E-state index is 0.0898. The van der Waals surface area contributed by atoms with Crippen molar-refractivity contribution in [3.63, 3.8) is 0 Å². The van der Waals surface area contributed by atoms with Crippen LogP contribution in [0.15, 0.2) is 107 Å². The summed E-state index contributed by atoms with van der Waals surface area (Å²) in [5.41, 5.74) is 7.28. The number of aryl methyl sites for hydroxylation is 1. The van der Waals surface area contributed by atoms with Crippen LogP contribution < -0.4 is 14.9 Å². The second kappa shape index (κ2) is 13.8. The number of benzene rings is 4. The van der Waals surface area contributed by atoms with Crippen molar-refractivity contribution in [1.29, 1.82) is 0 Å². The predicted octanol–water partition coefficient (Wildman–Crippen LogP) is 6.73. The van der Waals surface area contributed by atoms with Crippen molar-refractivity contribution in [3.05, 3.63) is 119 Å². The normalized spacial score (nSPS) is 11.0. The maximum absolute atomic E-state index is 12.6. The molecule has 10 heteroatoms. The van der Waals surface area contributed by atoms with Gasteiger partial charge < -0.3 is 9.47 Å². The zero-order chi connectivity index (χ0) is 29.3. The van der Waals surface area contributed by atoms with Crippen LogP contribution in [0.5, 0.6) is 11.5 Å². The van der Waals surface area contributed by atoms with Gasteiger partial charge >= 0.3 is 0 Å². The third kappa shape index (κ3) is 7.37. The van der Waals surface area contributed by atoms with Crippen LogP contribution in [0.25, 0.3) is 17.1 Å². The SMILES string of the molecule is COc1cc(C=NNC(=O)CSc2nnc(-c3ccc(C)cc3)n2-c2ccc(Cl)cc2)ccc1OCc1ccccc1. The molecular weight excluding hydrogens is 570 g/mol. The monoisotopic (exact) mass is 597 g/mol. The number of amides is 1. The summed E-state index contributed by atoms with van der Waals surface area (Å²) in [6.07, 6.45) is 1.55. The summed E-state index contributed by atoms with van der Waals surface area (Å²) in [6, 6.07) is 30.8. The Labute approximate surface area is 253 Å². The summed E-state index contributed by atoms with van der Waals surface area (Å²) in [7, 11) is 1.58. The number of nitrogens with zero attached hydrogens (tertiary/aromatic N) is 4. The highest BCUT2D eigenvalue weighted by Crippen LogP contribution is 2.30. The number of rotatable bonds is 11. The van der Waals surface area contributed by atoms with Gasteiger partial charge in [-0.15, -0.1) is 10.2 Å². The number of nitrogens with one attached hydrogen (secondary N) is 1. The lowest BCUT2D eigenvalue weighted by molar-refractivity contribution is -0.118. The van der Waals surface area contributed by atoms with Gasteiger partial charge in [0.2, 0.25) is 0 Å². The Morgan fingerprint density at radius 1 is 0.976 bits per heavy atom. The molecule has 0 radical (unpaired) electrons. The number of thioether (sulfide) groups is 1. The van der Waals surface area contributed by atoms with Crippen molar-refractivity contribution >= 4 is 35.5 Å². The molecule has 0 fully saturated rings. The lowest BCUT2D eigenvalue weighted by atomic mass is 10.1. The molecule has 0 spiro atoms. The molecule has 0 saturated carbocycles. The first-order chi connectivity index (χ1) is 20.5. The van der Waals surface area contributed by atoms with E-state index in [1.54, 1.807) is 19.4 Å². The third-order valence-electron chi connectivity index (χ3n) is 6.19. The average molecular weight is 598 g/mol. The van der Waals surface area contributed by atoms with Crippen LogP contribution >= 0.6 is 23.4 Å². The molecule has 5 aromatic rings. The predicted molar refractivity (Wildman–Crippen MR) is 167 cm³/mol. The number of halogens is 1. The quantitative estimate of drug-likeness (QED) is 0.103. The number of hydrazone groups is 1. The minimum atomic E-state index is -0.284. The number of methoxy groups -OCH3 is 1. The van der Waals surface area contributed by atoms with Gasteiger partial charge in [0.1, 0.15) is 6.61 Å². The molecule has 212 valence electrons. The van der Waals surface area contributed by atoms with E-state index in [4.69, 9.17) is 21.1 Å². The van der Waals surface area contributed by atoms with Gasteiger partial charge in [0.25, 0.3) is 5.91 Å². The van der Waals surface area contributed by atoms with Crippen LogP contribution in [0.3, 0.4) is 0 Å². The summed E-state index contributed by atoms with van der Waals surface area (Å²) < 4.78 is 13.3. The minimum Gasteiger partial charge on any atom is -0.493 e. The van der Waals surface area contributed by atoms with E-state index in [1.165, 1.54) is 11.8 Å². The Kier molecular flexibility index (Phi) is 9.53. The van der Waals surface area contributed by atoms with E-state index >= 15 is 0 Å². The smallest absolute Gasteiger partial charge is 0.250 e. The van der Waals surface area contributed by atoms with Crippen LogP contribution in [-0.4, -0.2) is 39.7 Å². The van der Waals surface area contributed by atoms with E-state index in [0.29, 0.717) is 34.1 Å². The molecule has 1 aromatic heterocycles. The van der Waals surface area contributed by atoms with Gasteiger partial charge in [0.15, 0.2) is 22.5 Å². The summed E-state index contributed by atoms with van der Waals surface area (Å²) in [4.78, 5) is 12.6. The molecule has 0 unspecified atom stereocenters. The second-order valence-electron chi connectivity index (χ2n) is 9.25. The molecule has 0 bridgehead atoms. The van der Waals surface area contributed by atoms with Gasteiger partial charge in [-0.3, -0.25) is 9.36 Å². The lowest BCUT2D eigenvalue weighted by Crippen LogP contribution is -2.20. The Morgan fingerprint density at radius 2 is 1.74 bits per heavy atom. The Morgan fingerprint density at radius 3 is 2.48 bits per heavy atom. The van der Waals surface area contributed by atoms with Gasteiger partial charge in [-0.1, -0.05) is 83.5 Å². The molecule has 4 aromatic carbocycles. The van der Waals surface area contributed by atoms with Gasteiger partial charge in [-0.25, -0.2) is 5.43 Å². The molecular formula is C32H28ClN5O3S. The second-order valence-corrected chi connectivity index (χ2v) is 10.6. The molecule has 1 N–H and O–H groups in total. The molecule has 0 aliphatic rings. The average Bonchev–Trinajstić information content (AvgIpc) is 3.44. The fourth-order valence-electron chi connectivity index (χ4n) is 4.04. The Hall–Kier alpha value is -4.60. The van der Waals surface area contributed by atoms with Crippen molar-refractivity contribution in [2.24, 2.45) is 5.10 Å². The molecule has 5 rings (SSSR count). The maximum Gasteiger partial charge on any atom is 0.250 e. The standard InChI is InChI=1S/C32H28ClN5O3S/c1-22-8-11-25(12-9-22)31-36-37-32(38(31)27-15-13-26(33)14-16-27)42-21-30(39)35-34-19-24-10-17-28(29(18-24)40-2)41-20-23-6-4-3-5-7-23/h3-19H,20-21H2,1-2H3,(H,35,39). The summed E-state index contributed by atoms with van der Waals surface area (Å²) in [6.45, 7) is 2.46. The molecule has 1 heterocycles. The number of aromatic nitrogens is 3. The Bertz CT molecular complexity index is 1670. The van der Waals surface area contributed by atoms with Crippen molar-refractivity contribution in [3.8, 4) is 28.6 Å². The first-order valence-corrected chi connectivity index (χ1v) is 14.4. The van der Waals surface area contributed by atoms with Gasteiger partial charge in [-0.05, 0) is 60.5 Å². The van der Waals surface area contributed by atoms with Crippen LogP contribution in [0.1, 0.15) is 16.7 Å². The number of carbonyl (C=O) groups is 1. The van der Waals surface area contributed by atoms with E-state index in [2.05, 4.69) is 20.7 Å². The van der Waals surface area contributed by atoms with Crippen LogP contribution in [-0.2, 0) is 11.4 Å². The molecule has 0 aliphatic heterocycles. The number of carbonyl (C=O) groups excluding carboxylic acids is 1. The highest BCUT2D eigenvalue weighted by molar-refractivity contribution is 7.99. The zero-order valence-corrected chi connectivity index (χ0v) is 24.6. The summed E-state index contributed by atoms with van der Waals surface area (Å²) in [5.74, 6) is 1.67. The van der Waals surface area contributed by atoms with E-state index in [1.807, 2.05) is 102 Å². The molecule has 0 atom stereocenters. The fourth-order valence-corrected chi connectivity index (χ4v) is 4.91. The van der Waals surface area contributed by atoms with Gasteiger partial charge in [-0.2, -0.15) is 5.10 Å². The summed E-state index contributed by atoms with van der Waals surface area (Å²) >= 11 is 7.38. The molecule has 1 amide bonds. The number of ether oxygens (including phenoxy) is 2. The van der Waals surface area contributed by atoms with Crippen molar-refractivity contribution in [2.45, 2.75) is 18.7 Å². The lowest BCUT2D eigenvalue weighted by Gasteiger charge is -2.11. The largest absolute Gasteiger partial charge is 0.493 e. The van der Waals surface area contributed by atoms with Crippen LogP contribution in [0, 0.1) is 6.92 Å². The number of hydrogen-bond acceptors (Lipinski definition) is 7. The molecule has 0 saturated heterocycles. The van der Waals surface area contributed by atoms with E-state index in [9.17, 15) is 4.79 Å². The number of hydrogen-bond donors (Lipinski definition) is 1. The first-order valence-electron chi connectivity index (χ1n) is 13.1. The molecule has 0 aliphatic carbocycles. The zero-order valence-electron chi connectivity index (χ0n) is 23.0. The van der Waals surface area contributed by atoms with Crippen LogP contribution in [0.2, 0.25) is 5.02 Å². The fraction of sp³-hybridized carbons (Fsp3) is 0.125. The Balaban J connectivity index is 1.23.